The Bertz CT molecular complexity index is 1110. The molecule has 3 aromatic rings. The highest BCUT2D eigenvalue weighted by Crippen LogP contribution is 2.35. The van der Waals surface area contributed by atoms with Crippen molar-refractivity contribution in [2.24, 2.45) is 0 Å². The first-order chi connectivity index (χ1) is 15.9. The second-order valence-corrected chi connectivity index (χ2v) is 8.33. The number of nitrogens with zero attached hydrogens (tertiary/aromatic N) is 3. The third kappa shape index (κ3) is 4.79. The molecule has 33 heavy (non-hydrogen) atoms. The SMILES string of the molecule is COc1cc([C@@H](O)[C@H](Cn2cc3ccnc(C(=O)O)c3n2)OC2CCCC2)cc(OC)c1C. The van der Waals surface area contributed by atoms with Crippen molar-refractivity contribution in [1.29, 1.82) is 0 Å². The third-order valence-corrected chi connectivity index (χ3v) is 6.18. The Labute approximate surface area is 191 Å². The summed E-state index contributed by atoms with van der Waals surface area (Å²) in [4.78, 5) is 15.4. The van der Waals surface area contributed by atoms with E-state index in [1.807, 2.05) is 6.92 Å². The summed E-state index contributed by atoms with van der Waals surface area (Å²) in [7, 11) is 3.15. The number of ether oxygens (including phenoxy) is 3. The van der Waals surface area contributed by atoms with Crippen molar-refractivity contribution >= 4 is 16.9 Å². The summed E-state index contributed by atoms with van der Waals surface area (Å²) in [5.41, 5.74) is 1.66. The number of hydrogen-bond donors (Lipinski definition) is 2. The van der Waals surface area contributed by atoms with E-state index in [1.54, 1.807) is 43.3 Å². The molecule has 0 bridgehead atoms. The average Bonchev–Trinajstić information content (AvgIpc) is 3.47. The van der Waals surface area contributed by atoms with Gasteiger partial charge in [0.2, 0.25) is 0 Å². The zero-order chi connectivity index (χ0) is 23.5. The summed E-state index contributed by atoms with van der Waals surface area (Å²) in [6.07, 6.45) is 5.74. The van der Waals surface area contributed by atoms with Crippen LogP contribution in [0.1, 0.15) is 53.4 Å². The van der Waals surface area contributed by atoms with Crippen LogP contribution in [-0.2, 0) is 11.3 Å². The number of carbonyl (C=O) groups is 1. The van der Waals surface area contributed by atoms with Crippen LogP contribution in [0.15, 0.2) is 30.6 Å². The van der Waals surface area contributed by atoms with Crippen molar-refractivity contribution < 1.29 is 29.2 Å². The minimum atomic E-state index is -1.14. The van der Waals surface area contributed by atoms with E-state index in [2.05, 4.69) is 10.1 Å². The van der Waals surface area contributed by atoms with Gasteiger partial charge in [-0.3, -0.25) is 4.68 Å². The number of benzene rings is 1. The highest BCUT2D eigenvalue weighted by molar-refractivity contribution is 5.99. The van der Waals surface area contributed by atoms with Crippen molar-refractivity contribution in [3.05, 3.63) is 47.4 Å². The summed E-state index contributed by atoms with van der Waals surface area (Å²) in [6, 6.07) is 5.30. The summed E-state index contributed by atoms with van der Waals surface area (Å²) >= 11 is 0. The first kappa shape index (κ1) is 23.0. The number of carboxylic acids is 1. The Morgan fingerprint density at radius 3 is 2.48 bits per heavy atom. The normalized spacial score (nSPS) is 16.1. The molecule has 1 fully saturated rings. The number of carboxylic acid groups (broad SMARTS) is 1. The highest BCUT2D eigenvalue weighted by Gasteiger charge is 2.29. The molecule has 0 aliphatic heterocycles. The van der Waals surface area contributed by atoms with E-state index in [0.717, 1.165) is 31.2 Å². The summed E-state index contributed by atoms with van der Waals surface area (Å²) in [6.45, 7) is 2.13. The van der Waals surface area contributed by atoms with Crippen LogP contribution in [0.2, 0.25) is 0 Å². The van der Waals surface area contributed by atoms with Gasteiger partial charge in [-0.15, -0.1) is 0 Å². The van der Waals surface area contributed by atoms with Crippen LogP contribution in [0, 0.1) is 6.92 Å². The van der Waals surface area contributed by atoms with Crippen LogP contribution >= 0.6 is 0 Å². The van der Waals surface area contributed by atoms with Crippen molar-refractivity contribution in [1.82, 2.24) is 14.8 Å². The molecule has 0 saturated heterocycles. The van der Waals surface area contributed by atoms with Crippen LogP contribution in [0.4, 0.5) is 0 Å². The lowest BCUT2D eigenvalue weighted by molar-refractivity contribution is -0.0845. The van der Waals surface area contributed by atoms with Gasteiger partial charge in [-0.05, 0) is 43.5 Å². The monoisotopic (exact) mass is 455 g/mol. The van der Waals surface area contributed by atoms with Crippen LogP contribution in [0.25, 0.3) is 10.9 Å². The van der Waals surface area contributed by atoms with Crippen molar-refractivity contribution in [2.45, 2.75) is 57.5 Å². The number of aromatic carboxylic acids is 1. The Kier molecular flexibility index (Phi) is 6.80. The van der Waals surface area contributed by atoms with Crippen molar-refractivity contribution in [3.63, 3.8) is 0 Å². The summed E-state index contributed by atoms with van der Waals surface area (Å²) in [5, 5.41) is 25.9. The number of hydrogen-bond acceptors (Lipinski definition) is 7. The van der Waals surface area contributed by atoms with Crippen LogP contribution in [0.3, 0.4) is 0 Å². The fourth-order valence-corrected chi connectivity index (χ4v) is 4.41. The van der Waals surface area contributed by atoms with E-state index < -0.39 is 18.2 Å². The number of fused-ring (bicyclic) bond motifs is 1. The van der Waals surface area contributed by atoms with Gasteiger partial charge in [0, 0.05) is 23.3 Å². The van der Waals surface area contributed by atoms with Gasteiger partial charge in [-0.25, -0.2) is 9.78 Å². The molecule has 2 aromatic heterocycles. The second-order valence-electron chi connectivity index (χ2n) is 8.33. The molecule has 9 heteroatoms. The molecule has 176 valence electrons. The predicted octanol–water partition coefficient (Wildman–Crippen LogP) is 3.52. The fourth-order valence-electron chi connectivity index (χ4n) is 4.41. The molecule has 1 aromatic carbocycles. The standard InChI is InChI=1S/C24H29N3O6/c1-14-18(31-2)10-16(11-19(14)32-3)23(28)20(33-17-6-4-5-7-17)13-27-12-15-8-9-25-22(24(29)30)21(15)26-27/h8-12,17,20,23,28H,4-7,13H2,1-3H3,(H,29,30)/t20-,23+/m0/s1. The smallest absolute Gasteiger partial charge is 0.356 e. The Balaban J connectivity index is 1.68. The van der Waals surface area contributed by atoms with Gasteiger partial charge in [-0.2, -0.15) is 5.10 Å². The maximum Gasteiger partial charge on any atom is 0.356 e. The Morgan fingerprint density at radius 1 is 1.21 bits per heavy atom. The van der Waals surface area contributed by atoms with Gasteiger partial charge < -0.3 is 24.4 Å². The quantitative estimate of drug-likeness (QED) is 0.504. The molecule has 1 aliphatic carbocycles. The predicted molar refractivity (Wildman–Crippen MR) is 121 cm³/mol. The molecule has 0 radical (unpaired) electrons. The maximum absolute atomic E-state index is 11.5. The first-order valence-corrected chi connectivity index (χ1v) is 11.0. The van der Waals surface area contributed by atoms with Crippen LogP contribution in [-0.4, -0.2) is 57.4 Å². The average molecular weight is 456 g/mol. The van der Waals surface area contributed by atoms with E-state index >= 15 is 0 Å². The fraction of sp³-hybridized carbons (Fsp3) is 0.458. The van der Waals surface area contributed by atoms with E-state index in [0.29, 0.717) is 28.0 Å². The summed E-state index contributed by atoms with van der Waals surface area (Å²) < 4.78 is 18.9. The van der Waals surface area contributed by atoms with Crippen LogP contribution in [0.5, 0.6) is 11.5 Å². The van der Waals surface area contributed by atoms with Gasteiger partial charge in [0.15, 0.2) is 5.69 Å². The highest BCUT2D eigenvalue weighted by atomic mass is 16.5. The Morgan fingerprint density at radius 2 is 1.88 bits per heavy atom. The van der Waals surface area contributed by atoms with Crippen molar-refractivity contribution in [3.8, 4) is 11.5 Å². The molecule has 0 spiro atoms. The Hall–Kier alpha value is -3.17. The molecule has 1 aliphatic rings. The number of methoxy groups -OCH3 is 2. The van der Waals surface area contributed by atoms with E-state index in [4.69, 9.17) is 14.2 Å². The molecule has 4 rings (SSSR count). The van der Waals surface area contributed by atoms with Gasteiger partial charge in [0.1, 0.15) is 29.2 Å². The van der Waals surface area contributed by atoms with E-state index in [-0.39, 0.29) is 18.3 Å². The molecule has 2 heterocycles. The molecular formula is C24H29N3O6. The zero-order valence-electron chi connectivity index (χ0n) is 19.0. The lowest BCUT2D eigenvalue weighted by atomic mass is 10.0. The lowest BCUT2D eigenvalue weighted by Gasteiger charge is -2.27. The van der Waals surface area contributed by atoms with E-state index in [9.17, 15) is 15.0 Å². The lowest BCUT2D eigenvalue weighted by Crippen LogP contribution is -2.31. The largest absolute Gasteiger partial charge is 0.496 e. The number of aliphatic hydroxyl groups excluding tert-OH is 1. The zero-order valence-corrected chi connectivity index (χ0v) is 19.0. The van der Waals surface area contributed by atoms with Crippen LogP contribution < -0.4 is 9.47 Å². The molecular weight excluding hydrogens is 426 g/mol. The van der Waals surface area contributed by atoms with Crippen molar-refractivity contribution in [2.75, 3.05) is 14.2 Å². The number of rotatable bonds is 9. The minimum absolute atomic E-state index is 0.0557. The van der Waals surface area contributed by atoms with Gasteiger partial charge in [-0.1, -0.05) is 12.8 Å². The molecule has 2 atom stereocenters. The molecule has 1 saturated carbocycles. The molecule has 2 N–H and O–H groups in total. The molecule has 9 nitrogen and oxygen atoms in total. The molecule has 0 unspecified atom stereocenters. The minimum Gasteiger partial charge on any atom is -0.496 e. The first-order valence-electron chi connectivity index (χ1n) is 11.0. The van der Waals surface area contributed by atoms with E-state index in [1.165, 1.54) is 6.20 Å². The number of pyridine rings is 1. The number of aromatic nitrogens is 3. The number of aliphatic hydroxyl groups is 1. The second kappa shape index (κ2) is 9.76. The third-order valence-electron chi connectivity index (χ3n) is 6.18. The molecule has 0 amide bonds. The van der Waals surface area contributed by atoms with Gasteiger partial charge in [0.25, 0.3) is 0 Å². The topological polar surface area (TPSA) is 116 Å². The maximum atomic E-state index is 11.5. The summed E-state index contributed by atoms with van der Waals surface area (Å²) in [5.74, 6) is 0.0959. The van der Waals surface area contributed by atoms with Gasteiger partial charge in [0.05, 0.1) is 26.9 Å². The van der Waals surface area contributed by atoms with Gasteiger partial charge >= 0.3 is 5.97 Å².